The molecule has 0 saturated carbocycles. The van der Waals surface area contributed by atoms with Gasteiger partial charge in [0.05, 0.1) is 13.1 Å². The van der Waals surface area contributed by atoms with E-state index in [0.29, 0.717) is 11.8 Å². The fraction of sp³-hybridized carbons (Fsp3) is 0.619. The van der Waals surface area contributed by atoms with Crippen LogP contribution in [0.25, 0.3) is 0 Å². The smallest absolute Gasteiger partial charge is 0.238 e. The van der Waals surface area contributed by atoms with Gasteiger partial charge in [-0.1, -0.05) is 45.9 Å². The van der Waals surface area contributed by atoms with Gasteiger partial charge in [-0.05, 0) is 50.8 Å². The fourth-order valence-corrected chi connectivity index (χ4v) is 2.88. The maximum absolute atomic E-state index is 12.6. The van der Waals surface area contributed by atoms with Crippen molar-refractivity contribution in [3.63, 3.8) is 0 Å². The summed E-state index contributed by atoms with van der Waals surface area (Å²) >= 11 is 0. The summed E-state index contributed by atoms with van der Waals surface area (Å²) in [5.41, 5.74) is 2.91. The van der Waals surface area contributed by atoms with Gasteiger partial charge in [-0.25, -0.2) is 0 Å². The van der Waals surface area contributed by atoms with Crippen LogP contribution in [-0.4, -0.2) is 42.4 Å². The van der Waals surface area contributed by atoms with Gasteiger partial charge in [0.25, 0.3) is 0 Å². The Labute approximate surface area is 158 Å². The Balaban J connectivity index is 2.80. The average molecular weight is 362 g/mol. The lowest BCUT2D eigenvalue weighted by Crippen LogP contribution is -2.46. The van der Waals surface area contributed by atoms with Gasteiger partial charge in [0.15, 0.2) is 0 Å². The van der Waals surface area contributed by atoms with Crippen molar-refractivity contribution in [3.05, 3.63) is 29.3 Å². The number of benzene rings is 1. The molecule has 0 spiro atoms. The van der Waals surface area contributed by atoms with E-state index < -0.39 is 0 Å². The molecule has 0 saturated heterocycles. The number of amides is 2. The van der Waals surface area contributed by atoms with E-state index in [0.717, 1.165) is 16.8 Å². The maximum Gasteiger partial charge on any atom is 0.238 e. The normalized spacial score (nSPS) is 12.0. The molecular formula is C21H35N3O2. The number of likely N-dealkylation sites (N-methyl/N-ethyl adjacent to an activating group) is 1. The quantitative estimate of drug-likeness (QED) is 0.778. The van der Waals surface area contributed by atoms with Crippen LogP contribution < -0.4 is 10.6 Å². The summed E-state index contributed by atoms with van der Waals surface area (Å²) in [7, 11) is 1.78. The average Bonchev–Trinajstić information content (AvgIpc) is 2.43. The molecule has 0 aromatic heterocycles. The highest BCUT2D eigenvalue weighted by Gasteiger charge is 2.19. The third-order valence-electron chi connectivity index (χ3n) is 3.98. The molecule has 5 heteroatoms. The molecule has 0 aliphatic carbocycles. The van der Waals surface area contributed by atoms with Gasteiger partial charge in [0.2, 0.25) is 11.8 Å². The molecule has 1 aromatic carbocycles. The van der Waals surface area contributed by atoms with E-state index in [4.69, 9.17) is 0 Å². The molecule has 0 unspecified atom stereocenters. The minimum atomic E-state index is -0.275. The molecule has 26 heavy (non-hydrogen) atoms. The Bertz CT molecular complexity index is 604. The SMILES string of the molecule is CC(C)c1cccc(C(C)C)c1NC(=O)CN(C)CC(=O)NC(C)(C)C. The zero-order chi connectivity index (χ0) is 20.1. The molecule has 0 aliphatic rings. The highest BCUT2D eigenvalue weighted by atomic mass is 16.2. The van der Waals surface area contributed by atoms with Crippen molar-refractivity contribution in [2.24, 2.45) is 0 Å². The molecule has 0 fully saturated rings. The molecule has 146 valence electrons. The molecular weight excluding hydrogens is 326 g/mol. The summed E-state index contributed by atoms with van der Waals surface area (Å²) in [5.74, 6) is 0.447. The topological polar surface area (TPSA) is 61.4 Å². The molecule has 0 bridgehead atoms. The molecule has 0 radical (unpaired) electrons. The van der Waals surface area contributed by atoms with E-state index >= 15 is 0 Å². The second-order valence-corrected chi connectivity index (χ2v) is 8.64. The Kier molecular flexibility index (Phi) is 7.82. The fourth-order valence-electron chi connectivity index (χ4n) is 2.88. The predicted molar refractivity (Wildman–Crippen MR) is 109 cm³/mol. The Morgan fingerprint density at radius 3 is 1.85 bits per heavy atom. The zero-order valence-electron chi connectivity index (χ0n) is 17.6. The van der Waals surface area contributed by atoms with Crippen molar-refractivity contribution in [1.82, 2.24) is 10.2 Å². The van der Waals surface area contributed by atoms with E-state index in [1.54, 1.807) is 11.9 Å². The first-order chi connectivity index (χ1) is 11.9. The number of rotatable bonds is 7. The molecule has 0 heterocycles. The number of carbonyl (C=O) groups excluding carboxylic acids is 2. The van der Waals surface area contributed by atoms with Gasteiger partial charge in [-0.3, -0.25) is 14.5 Å². The second kappa shape index (κ2) is 9.17. The summed E-state index contributed by atoms with van der Waals surface area (Å²) in [4.78, 5) is 26.3. The number of anilines is 1. The lowest BCUT2D eigenvalue weighted by molar-refractivity contribution is -0.124. The van der Waals surface area contributed by atoms with Crippen molar-refractivity contribution >= 4 is 17.5 Å². The first-order valence-corrected chi connectivity index (χ1v) is 9.33. The number of hydrogen-bond donors (Lipinski definition) is 2. The third-order valence-corrected chi connectivity index (χ3v) is 3.98. The summed E-state index contributed by atoms with van der Waals surface area (Å²) in [6, 6.07) is 6.17. The number of para-hydroxylation sites is 1. The summed E-state index contributed by atoms with van der Waals surface area (Å²) in [6.45, 7) is 14.7. The van der Waals surface area contributed by atoms with Gasteiger partial charge in [-0.2, -0.15) is 0 Å². The molecule has 0 atom stereocenters. The number of nitrogens with one attached hydrogen (secondary N) is 2. The minimum absolute atomic E-state index is 0.0850. The van der Waals surface area contributed by atoms with Crippen LogP contribution >= 0.6 is 0 Å². The van der Waals surface area contributed by atoms with Crippen molar-refractivity contribution in [2.45, 2.75) is 65.8 Å². The number of nitrogens with zero attached hydrogens (tertiary/aromatic N) is 1. The molecule has 1 aromatic rings. The first kappa shape index (κ1) is 22.2. The Morgan fingerprint density at radius 1 is 0.962 bits per heavy atom. The monoisotopic (exact) mass is 361 g/mol. The minimum Gasteiger partial charge on any atom is -0.350 e. The largest absolute Gasteiger partial charge is 0.350 e. The highest BCUT2D eigenvalue weighted by Crippen LogP contribution is 2.32. The van der Waals surface area contributed by atoms with Crippen molar-refractivity contribution in [3.8, 4) is 0 Å². The Hall–Kier alpha value is -1.88. The van der Waals surface area contributed by atoms with Crippen molar-refractivity contribution in [1.29, 1.82) is 0 Å². The number of hydrogen-bond acceptors (Lipinski definition) is 3. The van der Waals surface area contributed by atoms with Gasteiger partial charge in [0, 0.05) is 11.2 Å². The lowest BCUT2D eigenvalue weighted by atomic mass is 9.92. The van der Waals surface area contributed by atoms with Crippen LogP contribution in [0, 0.1) is 0 Å². The van der Waals surface area contributed by atoms with Crippen LogP contribution in [0.5, 0.6) is 0 Å². The van der Waals surface area contributed by atoms with Crippen LogP contribution in [-0.2, 0) is 9.59 Å². The maximum atomic E-state index is 12.6. The summed E-state index contributed by atoms with van der Waals surface area (Å²) < 4.78 is 0. The van der Waals surface area contributed by atoms with Crippen LogP contribution in [0.2, 0.25) is 0 Å². The van der Waals surface area contributed by atoms with Crippen LogP contribution in [0.15, 0.2) is 18.2 Å². The summed E-state index contributed by atoms with van der Waals surface area (Å²) in [6.07, 6.45) is 0. The van der Waals surface area contributed by atoms with E-state index in [1.165, 1.54) is 0 Å². The van der Waals surface area contributed by atoms with Crippen LogP contribution in [0.1, 0.15) is 71.4 Å². The highest BCUT2D eigenvalue weighted by molar-refractivity contribution is 5.94. The van der Waals surface area contributed by atoms with Gasteiger partial charge in [0.1, 0.15) is 0 Å². The third kappa shape index (κ3) is 7.16. The van der Waals surface area contributed by atoms with E-state index in [1.807, 2.05) is 26.8 Å². The molecule has 1 rings (SSSR count). The molecule has 2 N–H and O–H groups in total. The second-order valence-electron chi connectivity index (χ2n) is 8.64. The van der Waals surface area contributed by atoms with Crippen LogP contribution in [0.4, 0.5) is 5.69 Å². The molecule has 2 amide bonds. The van der Waals surface area contributed by atoms with Crippen molar-refractivity contribution in [2.75, 3.05) is 25.5 Å². The van der Waals surface area contributed by atoms with Crippen LogP contribution in [0.3, 0.4) is 0 Å². The van der Waals surface area contributed by atoms with Crippen molar-refractivity contribution < 1.29 is 9.59 Å². The standard InChI is InChI=1S/C21H35N3O2/c1-14(2)16-10-9-11-17(15(3)4)20(16)22-18(25)12-24(8)13-19(26)23-21(5,6)7/h9-11,14-15H,12-13H2,1-8H3,(H,22,25)(H,23,26). The summed E-state index contributed by atoms with van der Waals surface area (Å²) in [5, 5.41) is 5.99. The number of carbonyl (C=O) groups is 2. The van der Waals surface area contributed by atoms with E-state index in [9.17, 15) is 9.59 Å². The van der Waals surface area contributed by atoms with Gasteiger partial charge < -0.3 is 10.6 Å². The van der Waals surface area contributed by atoms with E-state index in [-0.39, 0.29) is 30.4 Å². The molecule has 5 nitrogen and oxygen atoms in total. The first-order valence-electron chi connectivity index (χ1n) is 9.33. The van der Waals surface area contributed by atoms with Gasteiger partial charge >= 0.3 is 0 Å². The lowest BCUT2D eigenvalue weighted by Gasteiger charge is -2.24. The zero-order valence-corrected chi connectivity index (χ0v) is 17.6. The molecule has 0 aliphatic heterocycles. The predicted octanol–water partition coefficient (Wildman–Crippen LogP) is 3.72. The Morgan fingerprint density at radius 2 is 1.42 bits per heavy atom. The van der Waals surface area contributed by atoms with E-state index in [2.05, 4.69) is 50.5 Å². The van der Waals surface area contributed by atoms with Gasteiger partial charge in [-0.15, -0.1) is 0 Å².